The minimum Gasteiger partial charge on any atom is -0.383 e. The molecule has 110 valence electrons. The van der Waals surface area contributed by atoms with Gasteiger partial charge in [-0.1, -0.05) is 6.92 Å². The van der Waals surface area contributed by atoms with E-state index in [1.807, 2.05) is 10.9 Å². The zero-order valence-corrected chi connectivity index (χ0v) is 13.9. The fraction of sp³-hybridized carbons (Fsp3) is 0.769. The number of hydrogen-bond acceptors (Lipinski definition) is 4. The van der Waals surface area contributed by atoms with Crippen molar-refractivity contribution >= 4 is 15.9 Å². The van der Waals surface area contributed by atoms with E-state index in [0.29, 0.717) is 12.6 Å². The van der Waals surface area contributed by atoms with Gasteiger partial charge < -0.3 is 15.0 Å². The first kappa shape index (κ1) is 16.6. The van der Waals surface area contributed by atoms with Gasteiger partial charge in [0.1, 0.15) is 0 Å². The second-order valence-electron chi connectivity index (χ2n) is 4.80. The first-order valence-corrected chi connectivity index (χ1v) is 7.47. The Labute approximate surface area is 124 Å². The summed E-state index contributed by atoms with van der Waals surface area (Å²) < 4.78 is 8.23. The lowest BCUT2D eigenvalue weighted by atomic mass is 10.1. The van der Waals surface area contributed by atoms with Gasteiger partial charge in [0, 0.05) is 7.11 Å². The summed E-state index contributed by atoms with van der Waals surface area (Å²) in [4.78, 5) is 2.20. The van der Waals surface area contributed by atoms with Crippen LogP contribution in [-0.4, -0.2) is 55.6 Å². The maximum absolute atomic E-state index is 5.14. The van der Waals surface area contributed by atoms with Crippen LogP contribution in [0, 0.1) is 0 Å². The molecule has 0 fully saturated rings. The first-order chi connectivity index (χ1) is 9.10. The number of hydrogen-bond donors (Lipinski definition) is 1. The van der Waals surface area contributed by atoms with Gasteiger partial charge in [-0.3, -0.25) is 4.68 Å². The quantitative estimate of drug-likeness (QED) is 0.749. The summed E-state index contributed by atoms with van der Waals surface area (Å²) >= 11 is 3.61. The van der Waals surface area contributed by atoms with Crippen LogP contribution in [0.4, 0.5) is 0 Å². The zero-order chi connectivity index (χ0) is 14.3. The van der Waals surface area contributed by atoms with E-state index in [0.717, 1.165) is 30.5 Å². The molecular formula is C13H25BrN4O. The van der Waals surface area contributed by atoms with Gasteiger partial charge in [-0.15, -0.1) is 0 Å². The van der Waals surface area contributed by atoms with E-state index in [1.165, 1.54) is 5.69 Å². The van der Waals surface area contributed by atoms with Crippen molar-refractivity contribution in [3.8, 4) is 0 Å². The van der Waals surface area contributed by atoms with Crippen molar-refractivity contribution in [3.63, 3.8) is 0 Å². The molecule has 0 bridgehead atoms. The molecule has 0 amide bonds. The molecule has 6 heteroatoms. The third-order valence-corrected chi connectivity index (χ3v) is 3.60. The van der Waals surface area contributed by atoms with Gasteiger partial charge in [0.2, 0.25) is 0 Å². The molecule has 0 saturated heterocycles. The molecule has 1 atom stereocenters. The first-order valence-electron chi connectivity index (χ1n) is 6.68. The predicted octanol–water partition coefficient (Wildman–Crippen LogP) is 1.89. The SMILES string of the molecule is CCNC(CCN(C)C)c1c(Br)cnn1CCOC. The van der Waals surface area contributed by atoms with Crippen LogP contribution in [0.15, 0.2) is 10.7 Å². The van der Waals surface area contributed by atoms with Crippen molar-refractivity contribution in [2.75, 3.05) is 40.9 Å². The number of methoxy groups -OCH3 is 1. The van der Waals surface area contributed by atoms with E-state index in [9.17, 15) is 0 Å². The van der Waals surface area contributed by atoms with Crippen LogP contribution in [-0.2, 0) is 11.3 Å². The van der Waals surface area contributed by atoms with E-state index >= 15 is 0 Å². The van der Waals surface area contributed by atoms with Crippen molar-refractivity contribution in [3.05, 3.63) is 16.4 Å². The minimum atomic E-state index is 0.307. The van der Waals surface area contributed by atoms with Crippen LogP contribution in [0.2, 0.25) is 0 Å². The van der Waals surface area contributed by atoms with Gasteiger partial charge >= 0.3 is 0 Å². The molecule has 1 aromatic rings. The van der Waals surface area contributed by atoms with Gasteiger partial charge in [0.25, 0.3) is 0 Å². The Balaban J connectivity index is 2.83. The van der Waals surface area contributed by atoms with Crippen LogP contribution in [0.1, 0.15) is 25.1 Å². The van der Waals surface area contributed by atoms with Crippen LogP contribution in [0.3, 0.4) is 0 Å². The lowest BCUT2D eigenvalue weighted by Crippen LogP contribution is -2.28. The molecule has 1 aromatic heterocycles. The van der Waals surface area contributed by atoms with E-state index in [-0.39, 0.29) is 0 Å². The third kappa shape index (κ3) is 5.22. The molecular weight excluding hydrogens is 308 g/mol. The molecule has 1 N–H and O–H groups in total. The monoisotopic (exact) mass is 332 g/mol. The van der Waals surface area contributed by atoms with Crippen LogP contribution in [0.5, 0.6) is 0 Å². The normalized spacial score (nSPS) is 13.2. The summed E-state index contributed by atoms with van der Waals surface area (Å²) in [6.07, 6.45) is 2.92. The van der Waals surface area contributed by atoms with Crippen molar-refractivity contribution < 1.29 is 4.74 Å². The van der Waals surface area contributed by atoms with Gasteiger partial charge in [-0.2, -0.15) is 5.10 Å². The van der Waals surface area contributed by atoms with E-state index < -0.39 is 0 Å². The number of rotatable bonds is 9. The summed E-state index contributed by atoms with van der Waals surface area (Å²) in [5, 5.41) is 7.96. The van der Waals surface area contributed by atoms with E-state index in [1.54, 1.807) is 7.11 Å². The smallest absolute Gasteiger partial charge is 0.0697 e. The van der Waals surface area contributed by atoms with Crippen LogP contribution >= 0.6 is 15.9 Å². The molecule has 0 aromatic carbocycles. The number of nitrogens with zero attached hydrogens (tertiary/aromatic N) is 3. The molecule has 0 aliphatic carbocycles. The summed E-state index contributed by atoms with van der Waals surface area (Å²) in [7, 11) is 5.91. The highest BCUT2D eigenvalue weighted by molar-refractivity contribution is 9.10. The standard InChI is InChI=1S/C13H25BrN4O/c1-5-15-12(6-7-17(2)3)13-11(14)10-16-18(13)8-9-19-4/h10,12,15H,5-9H2,1-4H3. The molecule has 1 rings (SSSR count). The molecule has 0 aliphatic heterocycles. The predicted molar refractivity (Wildman–Crippen MR) is 81.4 cm³/mol. The number of nitrogens with one attached hydrogen (secondary N) is 1. The molecule has 0 spiro atoms. The molecule has 19 heavy (non-hydrogen) atoms. The van der Waals surface area contributed by atoms with E-state index in [2.05, 4.69) is 52.3 Å². The second-order valence-corrected chi connectivity index (χ2v) is 5.65. The Bertz CT molecular complexity index is 368. The highest BCUT2D eigenvalue weighted by Gasteiger charge is 2.19. The van der Waals surface area contributed by atoms with Crippen LogP contribution < -0.4 is 5.32 Å². The maximum Gasteiger partial charge on any atom is 0.0697 e. The molecule has 0 saturated carbocycles. The molecule has 0 aliphatic rings. The minimum absolute atomic E-state index is 0.307. The largest absolute Gasteiger partial charge is 0.383 e. The third-order valence-electron chi connectivity index (χ3n) is 2.99. The van der Waals surface area contributed by atoms with Crippen molar-refractivity contribution in [2.24, 2.45) is 0 Å². The fourth-order valence-electron chi connectivity index (χ4n) is 2.04. The Hall–Kier alpha value is -0.430. The molecule has 1 unspecified atom stereocenters. The summed E-state index contributed by atoms with van der Waals surface area (Å²) in [5.74, 6) is 0. The number of aromatic nitrogens is 2. The summed E-state index contributed by atoms with van der Waals surface area (Å²) in [6.45, 7) is 5.57. The van der Waals surface area contributed by atoms with Gasteiger partial charge in [0.05, 0.1) is 35.6 Å². The Morgan fingerprint density at radius 1 is 1.53 bits per heavy atom. The molecule has 5 nitrogen and oxygen atoms in total. The average Bonchev–Trinajstić information content (AvgIpc) is 2.73. The van der Waals surface area contributed by atoms with E-state index in [4.69, 9.17) is 4.74 Å². The topological polar surface area (TPSA) is 42.3 Å². The fourth-order valence-corrected chi connectivity index (χ4v) is 2.62. The Morgan fingerprint density at radius 3 is 2.84 bits per heavy atom. The second kappa shape index (κ2) is 8.68. The molecule has 0 radical (unpaired) electrons. The summed E-state index contributed by atoms with van der Waals surface area (Å²) in [5.41, 5.74) is 1.21. The van der Waals surface area contributed by atoms with Gasteiger partial charge in [-0.25, -0.2) is 0 Å². The van der Waals surface area contributed by atoms with Crippen molar-refractivity contribution in [1.82, 2.24) is 20.0 Å². The summed E-state index contributed by atoms with van der Waals surface area (Å²) in [6, 6.07) is 0.307. The van der Waals surface area contributed by atoms with Gasteiger partial charge in [0.15, 0.2) is 0 Å². The zero-order valence-electron chi connectivity index (χ0n) is 12.3. The molecule has 1 heterocycles. The lowest BCUT2D eigenvalue weighted by Gasteiger charge is -2.22. The highest BCUT2D eigenvalue weighted by atomic mass is 79.9. The number of halogens is 1. The maximum atomic E-state index is 5.14. The van der Waals surface area contributed by atoms with Crippen LogP contribution in [0.25, 0.3) is 0 Å². The lowest BCUT2D eigenvalue weighted by molar-refractivity contribution is 0.181. The average molecular weight is 333 g/mol. The Morgan fingerprint density at radius 2 is 2.26 bits per heavy atom. The van der Waals surface area contributed by atoms with Crippen molar-refractivity contribution in [2.45, 2.75) is 25.9 Å². The Kier molecular flexibility index (Phi) is 7.60. The highest BCUT2D eigenvalue weighted by Crippen LogP contribution is 2.25. The number of ether oxygens (including phenoxy) is 1. The van der Waals surface area contributed by atoms with Gasteiger partial charge in [-0.05, 0) is 49.5 Å². The van der Waals surface area contributed by atoms with Crippen molar-refractivity contribution in [1.29, 1.82) is 0 Å².